The number of fused-ring (bicyclic) bond motifs is 1. The summed E-state index contributed by atoms with van der Waals surface area (Å²) in [6, 6.07) is 0. The molecular formula is C8H6O3S. The fourth-order valence-corrected chi connectivity index (χ4v) is 1.97. The zero-order valence-electron chi connectivity index (χ0n) is 6.06. The van der Waals surface area contributed by atoms with Crippen LogP contribution < -0.4 is 0 Å². The SMILES string of the molecule is O=C(O)C1=CC2OC=CC=C2S1. The summed E-state index contributed by atoms with van der Waals surface area (Å²) in [4.78, 5) is 11.8. The molecule has 0 amide bonds. The van der Waals surface area contributed by atoms with Gasteiger partial charge in [0.05, 0.1) is 11.2 Å². The van der Waals surface area contributed by atoms with E-state index < -0.39 is 5.97 Å². The molecule has 0 fully saturated rings. The molecule has 12 heavy (non-hydrogen) atoms. The number of carbonyl (C=O) groups is 1. The van der Waals surface area contributed by atoms with E-state index in [4.69, 9.17) is 9.84 Å². The van der Waals surface area contributed by atoms with E-state index in [0.717, 1.165) is 4.91 Å². The summed E-state index contributed by atoms with van der Waals surface area (Å²) in [6.45, 7) is 0. The van der Waals surface area contributed by atoms with Crippen molar-refractivity contribution in [1.82, 2.24) is 0 Å². The fraction of sp³-hybridized carbons (Fsp3) is 0.125. The van der Waals surface area contributed by atoms with Crippen molar-refractivity contribution in [3.8, 4) is 0 Å². The molecule has 0 aromatic carbocycles. The van der Waals surface area contributed by atoms with E-state index in [-0.39, 0.29) is 6.10 Å². The van der Waals surface area contributed by atoms with Crippen molar-refractivity contribution in [3.05, 3.63) is 34.3 Å². The van der Waals surface area contributed by atoms with Crippen LogP contribution in [-0.4, -0.2) is 17.2 Å². The van der Waals surface area contributed by atoms with Gasteiger partial charge in [-0.15, -0.1) is 0 Å². The van der Waals surface area contributed by atoms with E-state index in [2.05, 4.69) is 0 Å². The molecule has 1 N–H and O–H groups in total. The third kappa shape index (κ3) is 1.14. The number of allylic oxidation sites excluding steroid dienone is 2. The average molecular weight is 182 g/mol. The molecular weight excluding hydrogens is 176 g/mol. The number of carboxylic acid groups (broad SMARTS) is 1. The van der Waals surface area contributed by atoms with Crippen LogP contribution in [0, 0.1) is 0 Å². The number of aliphatic carboxylic acids is 1. The normalized spacial score (nSPS) is 25.5. The molecule has 0 radical (unpaired) electrons. The van der Waals surface area contributed by atoms with Gasteiger partial charge in [0.1, 0.15) is 6.10 Å². The fourth-order valence-electron chi connectivity index (χ4n) is 1.05. The van der Waals surface area contributed by atoms with Crippen LogP contribution in [0.3, 0.4) is 0 Å². The highest BCUT2D eigenvalue weighted by Gasteiger charge is 2.27. The molecule has 1 atom stereocenters. The first kappa shape index (κ1) is 7.49. The van der Waals surface area contributed by atoms with Gasteiger partial charge in [-0.1, -0.05) is 11.8 Å². The Morgan fingerprint density at radius 3 is 3.17 bits per heavy atom. The topological polar surface area (TPSA) is 46.5 Å². The minimum Gasteiger partial charge on any atom is -0.489 e. The van der Waals surface area contributed by atoms with Crippen molar-refractivity contribution >= 4 is 17.7 Å². The van der Waals surface area contributed by atoms with Crippen LogP contribution in [0.4, 0.5) is 0 Å². The summed E-state index contributed by atoms with van der Waals surface area (Å²) in [5.74, 6) is -0.890. The Morgan fingerprint density at radius 2 is 2.50 bits per heavy atom. The summed E-state index contributed by atoms with van der Waals surface area (Å²) < 4.78 is 5.17. The first-order valence-corrected chi connectivity index (χ1v) is 4.24. The first-order valence-electron chi connectivity index (χ1n) is 3.42. The Morgan fingerprint density at radius 1 is 1.67 bits per heavy atom. The second-order valence-electron chi connectivity index (χ2n) is 2.39. The predicted octanol–water partition coefficient (Wildman–Crippen LogP) is 1.50. The third-order valence-corrected chi connectivity index (χ3v) is 2.72. The third-order valence-electron chi connectivity index (χ3n) is 1.59. The predicted molar refractivity (Wildman–Crippen MR) is 45.4 cm³/mol. The maximum Gasteiger partial charge on any atom is 0.342 e. The van der Waals surface area contributed by atoms with Gasteiger partial charge < -0.3 is 9.84 Å². The van der Waals surface area contributed by atoms with Crippen LogP contribution in [0.25, 0.3) is 0 Å². The average Bonchev–Trinajstić information content (AvgIpc) is 2.46. The molecule has 0 aliphatic carbocycles. The van der Waals surface area contributed by atoms with Gasteiger partial charge in [0.15, 0.2) is 0 Å². The van der Waals surface area contributed by atoms with Crippen molar-refractivity contribution in [3.63, 3.8) is 0 Å². The monoisotopic (exact) mass is 182 g/mol. The van der Waals surface area contributed by atoms with Gasteiger partial charge in [0.2, 0.25) is 0 Å². The van der Waals surface area contributed by atoms with Gasteiger partial charge in [-0.3, -0.25) is 0 Å². The largest absolute Gasteiger partial charge is 0.489 e. The molecule has 3 nitrogen and oxygen atoms in total. The summed E-state index contributed by atoms with van der Waals surface area (Å²) in [5, 5.41) is 8.67. The molecule has 2 heterocycles. The lowest BCUT2D eigenvalue weighted by Crippen LogP contribution is -2.05. The molecule has 0 bridgehead atoms. The maximum atomic E-state index is 10.6. The van der Waals surface area contributed by atoms with Crippen molar-refractivity contribution in [2.75, 3.05) is 0 Å². The molecule has 4 heteroatoms. The Kier molecular flexibility index (Phi) is 1.69. The van der Waals surface area contributed by atoms with E-state index in [1.807, 2.05) is 6.08 Å². The molecule has 62 valence electrons. The molecule has 0 spiro atoms. The number of hydrogen-bond acceptors (Lipinski definition) is 3. The summed E-state index contributed by atoms with van der Waals surface area (Å²) in [7, 11) is 0. The Labute approximate surface area is 73.4 Å². The lowest BCUT2D eigenvalue weighted by molar-refractivity contribution is -0.131. The first-order chi connectivity index (χ1) is 5.77. The lowest BCUT2D eigenvalue weighted by Gasteiger charge is -2.11. The number of hydrogen-bond donors (Lipinski definition) is 1. The summed E-state index contributed by atoms with van der Waals surface area (Å²) in [6.07, 6.45) is 6.63. The molecule has 2 aliphatic rings. The zero-order chi connectivity index (χ0) is 8.55. The highest BCUT2D eigenvalue weighted by Crippen LogP contribution is 2.38. The number of carboxylic acids is 1. The van der Waals surface area contributed by atoms with Crippen molar-refractivity contribution in [1.29, 1.82) is 0 Å². The smallest absolute Gasteiger partial charge is 0.342 e. The molecule has 1 unspecified atom stereocenters. The standard InChI is InChI=1S/C8H6O3S/c9-8(10)7-4-5-6(12-7)2-1-3-11-5/h1-5H,(H,9,10). The molecule has 2 rings (SSSR count). The lowest BCUT2D eigenvalue weighted by atomic mass is 10.2. The van der Waals surface area contributed by atoms with E-state index in [1.165, 1.54) is 11.8 Å². The van der Waals surface area contributed by atoms with Crippen LogP contribution in [0.1, 0.15) is 0 Å². The van der Waals surface area contributed by atoms with Crippen LogP contribution in [0.5, 0.6) is 0 Å². The van der Waals surface area contributed by atoms with Gasteiger partial charge in [-0.25, -0.2) is 4.79 Å². The molecule has 0 aromatic heterocycles. The van der Waals surface area contributed by atoms with Gasteiger partial charge in [-0.05, 0) is 18.2 Å². The molecule has 2 aliphatic heterocycles. The van der Waals surface area contributed by atoms with Crippen LogP contribution in [0.2, 0.25) is 0 Å². The Balaban J connectivity index is 2.24. The number of ether oxygens (including phenoxy) is 1. The van der Waals surface area contributed by atoms with Gasteiger partial charge in [0, 0.05) is 4.91 Å². The summed E-state index contributed by atoms with van der Waals surface area (Å²) in [5.41, 5.74) is 0. The molecule has 0 saturated carbocycles. The Bertz CT molecular complexity index is 314. The minimum atomic E-state index is -0.890. The van der Waals surface area contributed by atoms with E-state index >= 15 is 0 Å². The molecule has 0 saturated heterocycles. The van der Waals surface area contributed by atoms with E-state index in [9.17, 15) is 4.79 Å². The van der Waals surface area contributed by atoms with Crippen LogP contribution >= 0.6 is 11.8 Å². The molecule has 0 aromatic rings. The number of thioether (sulfide) groups is 1. The van der Waals surface area contributed by atoms with Gasteiger partial charge in [0.25, 0.3) is 0 Å². The van der Waals surface area contributed by atoms with Crippen molar-refractivity contribution in [2.24, 2.45) is 0 Å². The van der Waals surface area contributed by atoms with Gasteiger partial charge in [-0.2, -0.15) is 0 Å². The van der Waals surface area contributed by atoms with Crippen LogP contribution in [-0.2, 0) is 9.53 Å². The Hall–Kier alpha value is -1.16. The second-order valence-corrected chi connectivity index (χ2v) is 3.51. The highest BCUT2D eigenvalue weighted by molar-refractivity contribution is 8.07. The van der Waals surface area contributed by atoms with E-state index in [0.29, 0.717) is 4.91 Å². The van der Waals surface area contributed by atoms with Crippen molar-refractivity contribution in [2.45, 2.75) is 6.10 Å². The minimum absolute atomic E-state index is 0.175. The highest BCUT2D eigenvalue weighted by atomic mass is 32.2. The van der Waals surface area contributed by atoms with E-state index in [1.54, 1.807) is 18.4 Å². The van der Waals surface area contributed by atoms with Crippen LogP contribution in [0.15, 0.2) is 34.3 Å². The maximum absolute atomic E-state index is 10.6. The second kappa shape index (κ2) is 2.71. The van der Waals surface area contributed by atoms with Gasteiger partial charge >= 0.3 is 5.97 Å². The summed E-state index contributed by atoms with van der Waals surface area (Å²) >= 11 is 1.25. The zero-order valence-corrected chi connectivity index (χ0v) is 6.88. The number of rotatable bonds is 1. The van der Waals surface area contributed by atoms with Crippen molar-refractivity contribution < 1.29 is 14.6 Å². The quantitative estimate of drug-likeness (QED) is 0.667.